The maximum absolute atomic E-state index is 2.44. The zero-order valence-electron chi connectivity index (χ0n) is 6.43. The van der Waals surface area contributed by atoms with E-state index in [1.165, 1.54) is 25.9 Å². The molecule has 1 aliphatic rings. The van der Waals surface area contributed by atoms with Crippen molar-refractivity contribution in [1.82, 2.24) is 0 Å². The van der Waals surface area contributed by atoms with Gasteiger partial charge in [-0.25, -0.2) is 4.58 Å². The number of hydrogen-bond acceptors (Lipinski definition) is 0. The van der Waals surface area contributed by atoms with E-state index in [0.29, 0.717) is 0 Å². The van der Waals surface area contributed by atoms with Crippen molar-refractivity contribution in [3.63, 3.8) is 0 Å². The lowest BCUT2D eigenvalue weighted by molar-refractivity contribution is -0.503. The summed E-state index contributed by atoms with van der Waals surface area (Å²) in [5, 5.41) is 0. The lowest BCUT2D eigenvalue weighted by atomic mass is 10.2. The second kappa shape index (κ2) is 3.00. The first-order valence-electron chi connectivity index (χ1n) is 3.88. The first-order chi connectivity index (χ1) is 4.29. The monoisotopic (exact) mass is 126 g/mol. The van der Waals surface area contributed by atoms with Crippen LogP contribution in [0, 0.1) is 5.92 Å². The first kappa shape index (κ1) is 6.79. The van der Waals surface area contributed by atoms with E-state index in [2.05, 4.69) is 24.6 Å². The third-order valence-corrected chi connectivity index (χ3v) is 1.65. The second-order valence-corrected chi connectivity index (χ2v) is 3.14. The lowest BCUT2D eigenvalue weighted by Gasteiger charge is -1.93. The molecule has 1 heterocycles. The topological polar surface area (TPSA) is 3.01 Å². The van der Waals surface area contributed by atoms with Crippen LogP contribution in [0.1, 0.15) is 26.7 Å². The van der Waals surface area contributed by atoms with Crippen LogP contribution in [0.15, 0.2) is 0 Å². The highest BCUT2D eigenvalue weighted by Gasteiger charge is 2.11. The Balaban J connectivity index is 2.39. The highest BCUT2D eigenvalue weighted by Crippen LogP contribution is 2.01. The zero-order valence-corrected chi connectivity index (χ0v) is 6.43. The minimum Gasteiger partial charge on any atom is -0.239 e. The molecule has 1 saturated heterocycles. The second-order valence-electron chi connectivity index (χ2n) is 3.14. The smallest absolute Gasteiger partial charge is 0.142 e. The van der Waals surface area contributed by atoms with Crippen LogP contribution in [0.4, 0.5) is 0 Å². The van der Waals surface area contributed by atoms with Gasteiger partial charge < -0.3 is 0 Å². The molecule has 9 heavy (non-hydrogen) atoms. The van der Waals surface area contributed by atoms with Crippen molar-refractivity contribution in [2.24, 2.45) is 5.92 Å². The molecule has 0 amide bonds. The molecule has 1 heteroatoms. The van der Waals surface area contributed by atoms with E-state index in [-0.39, 0.29) is 0 Å². The Bertz CT molecular complexity index is 106. The van der Waals surface area contributed by atoms with Crippen molar-refractivity contribution in [3.05, 3.63) is 0 Å². The Hall–Kier alpha value is -0.330. The largest absolute Gasteiger partial charge is 0.239 e. The molecule has 0 aromatic carbocycles. The molecule has 0 spiro atoms. The van der Waals surface area contributed by atoms with E-state index in [0.717, 1.165) is 5.92 Å². The molecule has 0 saturated carbocycles. The van der Waals surface area contributed by atoms with Gasteiger partial charge in [-0.3, -0.25) is 0 Å². The van der Waals surface area contributed by atoms with Gasteiger partial charge in [0.25, 0.3) is 0 Å². The van der Waals surface area contributed by atoms with Crippen LogP contribution in [0.3, 0.4) is 0 Å². The van der Waals surface area contributed by atoms with Crippen LogP contribution >= 0.6 is 0 Å². The molecule has 1 rings (SSSR count). The molecular formula is C8H16N+. The van der Waals surface area contributed by atoms with Gasteiger partial charge in [-0.1, -0.05) is 13.8 Å². The SMILES string of the molecule is CC(C)C=[N+]1CCCC1. The van der Waals surface area contributed by atoms with Gasteiger partial charge in [0.1, 0.15) is 19.3 Å². The van der Waals surface area contributed by atoms with E-state index >= 15 is 0 Å². The fourth-order valence-corrected chi connectivity index (χ4v) is 1.31. The number of rotatable bonds is 1. The molecule has 0 aromatic heterocycles. The van der Waals surface area contributed by atoms with Crippen molar-refractivity contribution in [2.75, 3.05) is 13.1 Å². The Morgan fingerprint density at radius 2 is 1.78 bits per heavy atom. The van der Waals surface area contributed by atoms with Gasteiger partial charge >= 0.3 is 0 Å². The summed E-state index contributed by atoms with van der Waals surface area (Å²) in [4.78, 5) is 0. The normalized spacial score (nSPS) is 19.2. The van der Waals surface area contributed by atoms with Gasteiger partial charge in [-0.15, -0.1) is 0 Å². The third kappa shape index (κ3) is 2.17. The summed E-state index contributed by atoms with van der Waals surface area (Å²) in [5.41, 5.74) is 0. The Morgan fingerprint density at radius 1 is 1.22 bits per heavy atom. The number of hydrogen-bond donors (Lipinski definition) is 0. The van der Waals surface area contributed by atoms with E-state index in [9.17, 15) is 0 Å². The zero-order chi connectivity index (χ0) is 6.69. The van der Waals surface area contributed by atoms with Crippen LogP contribution < -0.4 is 0 Å². The van der Waals surface area contributed by atoms with Crippen molar-refractivity contribution in [1.29, 1.82) is 0 Å². The van der Waals surface area contributed by atoms with Crippen molar-refractivity contribution < 1.29 is 4.58 Å². The van der Waals surface area contributed by atoms with Crippen LogP contribution in [0.25, 0.3) is 0 Å². The molecule has 0 bridgehead atoms. The number of nitrogens with zero attached hydrogens (tertiary/aromatic N) is 1. The van der Waals surface area contributed by atoms with Gasteiger partial charge in [0.05, 0.1) is 0 Å². The van der Waals surface area contributed by atoms with Gasteiger partial charge in [0.15, 0.2) is 0 Å². The van der Waals surface area contributed by atoms with E-state index in [4.69, 9.17) is 0 Å². The Kier molecular flexibility index (Phi) is 2.26. The molecule has 0 atom stereocenters. The van der Waals surface area contributed by atoms with Gasteiger partial charge in [0, 0.05) is 18.8 Å². The summed E-state index contributed by atoms with van der Waals surface area (Å²) in [5.74, 6) is 0.725. The van der Waals surface area contributed by atoms with Gasteiger partial charge in [-0.05, 0) is 0 Å². The maximum atomic E-state index is 2.44. The van der Waals surface area contributed by atoms with Crippen LogP contribution in [0.2, 0.25) is 0 Å². The molecule has 1 nitrogen and oxygen atoms in total. The molecule has 0 radical (unpaired) electrons. The molecular weight excluding hydrogens is 110 g/mol. The summed E-state index contributed by atoms with van der Waals surface area (Å²) >= 11 is 0. The van der Waals surface area contributed by atoms with Crippen LogP contribution in [-0.2, 0) is 0 Å². The van der Waals surface area contributed by atoms with E-state index < -0.39 is 0 Å². The molecule has 1 aliphatic heterocycles. The standard InChI is InChI=1S/C8H16N/c1-8(2)7-9-5-3-4-6-9/h7-8H,3-6H2,1-2H3/q+1. The van der Waals surface area contributed by atoms with Crippen molar-refractivity contribution in [3.8, 4) is 0 Å². The molecule has 52 valence electrons. The highest BCUT2D eigenvalue weighted by atomic mass is 15.0. The quantitative estimate of drug-likeness (QED) is 0.469. The molecule has 1 fully saturated rings. The highest BCUT2D eigenvalue weighted by molar-refractivity contribution is 5.53. The predicted octanol–water partition coefficient (Wildman–Crippen LogP) is 1.52. The van der Waals surface area contributed by atoms with Crippen LogP contribution in [0.5, 0.6) is 0 Å². The average molecular weight is 126 g/mol. The summed E-state index contributed by atoms with van der Waals surface area (Å²) in [6.45, 7) is 7.05. The van der Waals surface area contributed by atoms with E-state index in [1.54, 1.807) is 0 Å². The molecule has 0 aliphatic carbocycles. The lowest BCUT2D eigenvalue weighted by Crippen LogP contribution is -2.10. The first-order valence-corrected chi connectivity index (χ1v) is 3.88. The minimum atomic E-state index is 0.725. The minimum absolute atomic E-state index is 0.725. The Morgan fingerprint density at radius 3 is 2.22 bits per heavy atom. The van der Waals surface area contributed by atoms with Crippen molar-refractivity contribution >= 4 is 6.21 Å². The summed E-state index contributed by atoms with van der Waals surface area (Å²) in [6, 6.07) is 0. The Labute approximate surface area is 57.4 Å². The van der Waals surface area contributed by atoms with E-state index in [1.807, 2.05) is 0 Å². The maximum Gasteiger partial charge on any atom is 0.142 e. The summed E-state index contributed by atoms with van der Waals surface area (Å²) < 4.78 is 2.44. The summed E-state index contributed by atoms with van der Waals surface area (Å²) in [7, 11) is 0. The summed E-state index contributed by atoms with van der Waals surface area (Å²) in [6.07, 6.45) is 5.12. The fourth-order valence-electron chi connectivity index (χ4n) is 1.31. The average Bonchev–Trinajstić information content (AvgIpc) is 2.15. The fraction of sp³-hybridized carbons (Fsp3) is 0.875. The molecule has 0 N–H and O–H groups in total. The van der Waals surface area contributed by atoms with Crippen molar-refractivity contribution in [2.45, 2.75) is 26.7 Å². The van der Waals surface area contributed by atoms with Gasteiger partial charge in [-0.2, -0.15) is 0 Å². The van der Waals surface area contributed by atoms with Crippen LogP contribution in [-0.4, -0.2) is 23.9 Å². The predicted molar refractivity (Wildman–Crippen MR) is 40.1 cm³/mol. The molecule has 0 aromatic rings. The third-order valence-electron chi connectivity index (χ3n) is 1.65. The molecule has 0 unspecified atom stereocenters. The van der Waals surface area contributed by atoms with Gasteiger partial charge in [0.2, 0.25) is 0 Å².